The fourth-order valence-electron chi connectivity index (χ4n) is 3.25. The van der Waals surface area contributed by atoms with Crippen LogP contribution in [0.1, 0.15) is 45.6 Å². The topological polar surface area (TPSA) is 58.6 Å². The van der Waals surface area contributed by atoms with Gasteiger partial charge in [-0.3, -0.25) is 9.59 Å². The van der Waals surface area contributed by atoms with E-state index in [-0.39, 0.29) is 24.8 Å². The number of benzene rings is 2. The summed E-state index contributed by atoms with van der Waals surface area (Å²) in [6.45, 7) is 7.25. The predicted octanol–water partition coefficient (Wildman–Crippen LogP) is 5.73. The highest BCUT2D eigenvalue weighted by molar-refractivity contribution is 6.42. The van der Waals surface area contributed by atoms with Crippen molar-refractivity contribution in [3.8, 4) is 5.75 Å². The zero-order chi connectivity index (χ0) is 23.5. The van der Waals surface area contributed by atoms with Crippen LogP contribution < -0.4 is 10.1 Å². The lowest BCUT2D eigenvalue weighted by Gasteiger charge is -2.31. The minimum atomic E-state index is -0.564. The van der Waals surface area contributed by atoms with E-state index >= 15 is 0 Å². The Kier molecular flexibility index (Phi) is 10.8. The van der Waals surface area contributed by atoms with Crippen LogP contribution in [0.2, 0.25) is 10.0 Å². The van der Waals surface area contributed by atoms with E-state index in [1.807, 2.05) is 57.2 Å². The van der Waals surface area contributed by atoms with Crippen molar-refractivity contribution < 1.29 is 14.3 Å². The molecule has 0 heterocycles. The maximum atomic E-state index is 13.2. The quantitative estimate of drug-likeness (QED) is 0.396. The molecule has 0 aromatic heterocycles. The molecule has 0 fully saturated rings. The zero-order valence-electron chi connectivity index (χ0n) is 18.9. The van der Waals surface area contributed by atoms with Crippen molar-refractivity contribution in [2.45, 2.75) is 52.6 Å². The Balaban J connectivity index is 2.09. The van der Waals surface area contributed by atoms with Crippen LogP contribution >= 0.6 is 23.2 Å². The average molecular weight is 479 g/mol. The number of carbonyl (C=O) groups excluding carboxylic acids is 2. The Bertz CT molecular complexity index is 875. The second kappa shape index (κ2) is 13.3. The van der Waals surface area contributed by atoms with E-state index in [2.05, 4.69) is 5.32 Å². The van der Waals surface area contributed by atoms with Gasteiger partial charge in [0.2, 0.25) is 11.8 Å². The summed E-state index contributed by atoms with van der Waals surface area (Å²) in [7, 11) is 0. The number of nitrogens with zero attached hydrogens (tertiary/aromatic N) is 1. The molecule has 1 unspecified atom stereocenters. The Morgan fingerprint density at radius 2 is 1.78 bits per heavy atom. The van der Waals surface area contributed by atoms with Crippen LogP contribution in [-0.2, 0) is 16.1 Å². The summed E-state index contributed by atoms with van der Waals surface area (Å²) in [6.07, 6.45) is 1.34. The molecule has 174 valence electrons. The first kappa shape index (κ1) is 26.0. The van der Waals surface area contributed by atoms with Crippen molar-refractivity contribution in [2.75, 3.05) is 13.2 Å². The highest BCUT2D eigenvalue weighted by Crippen LogP contribution is 2.24. The summed E-state index contributed by atoms with van der Waals surface area (Å²) < 4.78 is 5.70. The lowest BCUT2D eigenvalue weighted by atomic mass is 10.1. The molecule has 0 radical (unpaired) electrons. The van der Waals surface area contributed by atoms with E-state index in [9.17, 15) is 9.59 Å². The van der Waals surface area contributed by atoms with E-state index in [1.54, 1.807) is 17.0 Å². The Morgan fingerprint density at radius 3 is 2.41 bits per heavy atom. The van der Waals surface area contributed by atoms with Gasteiger partial charge in [-0.25, -0.2) is 0 Å². The Labute approximate surface area is 201 Å². The molecule has 0 bridgehead atoms. The van der Waals surface area contributed by atoms with Gasteiger partial charge >= 0.3 is 0 Å². The van der Waals surface area contributed by atoms with Gasteiger partial charge in [0.25, 0.3) is 0 Å². The molecule has 0 spiro atoms. The number of hydrogen-bond acceptors (Lipinski definition) is 3. The molecular weight excluding hydrogens is 447 g/mol. The molecule has 2 aromatic rings. The van der Waals surface area contributed by atoms with Gasteiger partial charge in [-0.05, 0) is 48.6 Å². The second-order valence-corrected chi connectivity index (χ2v) is 8.91. The van der Waals surface area contributed by atoms with Crippen LogP contribution in [0.25, 0.3) is 0 Å². The van der Waals surface area contributed by atoms with Crippen LogP contribution in [-0.4, -0.2) is 35.9 Å². The molecule has 32 heavy (non-hydrogen) atoms. The van der Waals surface area contributed by atoms with Crippen LogP contribution in [0, 0.1) is 5.92 Å². The van der Waals surface area contributed by atoms with Crippen LogP contribution in [0.15, 0.2) is 48.5 Å². The number of nitrogens with one attached hydrogen (secondary N) is 1. The monoisotopic (exact) mass is 478 g/mol. The summed E-state index contributed by atoms with van der Waals surface area (Å²) in [6, 6.07) is 14.2. The smallest absolute Gasteiger partial charge is 0.242 e. The summed E-state index contributed by atoms with van der Waals surface area (Å²) in [4.78, 5) is 27.7. The van der Waals surface area contributed by atoms with Crippen molar-refractivity contribution in [1.29, 1.82) is 0 Å². The average Bonchev–Trinajstić information content (AvgIpc) is 2.78. The molecule has 2 rings (SSSR count). The number of halogens is 2. The number of carbonyl (C=O) groups is 2. The molecule has 2 aromatic carbocycles. The number of rotatable bonds is 12. The maximum Gasteiger partial charge on any atom is 0.242 e. The van der Waals surface area contributed by atoms with Crippen molar-refractivity contribution in [2.24, 2.45) is 5.92 Å². The standard InChI is InChI=1S/C25H32Cl2N2O3/c1-4-23(25(31)28-16-18(2)3)29(17-19-12-13-21(26)22(27)15-19)24(30)11-8-14-32-20-9-6-5-7-10-20/h5-7,9-10,12-13,15,18,23H,4,8,11,14,16-17H2,1-3H3,(H,28,31). The van der Waals surface area contributed by atoms with E-state index in [0.717, 1.165) is 11.3 Å². The van der Waals surface area contributed by atoms with Crippen molar-refractivity contribution in [3.63, 3.8) is 0 Å². The lowest BCUT2D eigenvalue weighted by Crippen LogP contribution is -2.49. The summed E-state index contributed by atoms with van der Waals surface area (Å²) in [5.41, 5.74) is 0.823. The van der Waals surface area contributed by atoms with Gasteiger partial charge in [-0.1, -0.05) is 68.2 Å². The first-order chi connectivity index (χ1) is 15.3. The van der Waals surface area contributed by atoms with Crippen LogP contribution in [0.4, 0.5) is 0 Å². The van der Waals surface area contributed by atoms with Crippen molar-refractivity contribution in [3.05, 3.63) is 64.1 Å². The van der Waals surface area contributed by atoms with Gasteiger partial charge in [0.05, 0.1) is 16.7 Å². The minimum absolute atomic E-state index is 0.0979. The molecule has 0 aliphatic heterocycles. The predicted molar refractivity (Wildman–Crippen MR) is 130 cm³/mol. The fourth-order valence-corrected chi connectivity index (χ4v) is 3.57. The van der Waals surface area contributed by atoms with E-state index < -0.39 is 6.04 Å². The lowest BCUT2D eigenvalue weighted by molar-refractivity contribution is -0.141. The number of amides is 2. The molecular formula is C25H32Cl2N2O3. The Morgan fingerprint density at radius 1 is 1.06 bits per heavy atom. The molecule has 7 heteroatoms. The molecule has 0 saturated carbocycles. The van der Waals surface area contributed by atoms with E-state index in [4.69, 9.17) is 27.9 Å². The van der Waals surface area contributed by atoms with E-state index in [0.29, 0.717) is 42.0 Å². The van der Waals surface area contributed by atoms with E-state index in [1.165, 1.54) is 0 Å². The normalized spacial score (nSPS) is 11.8. The van der Waals surface area contributed by atoms with Crippen LogP contribution in [0.5, 0.6) is 5.75 Å². The van der Waals surface area contributed by atoms with Gasteiger partial charge in [-0.2, -0.15) is 0 Å². The molecule has 1 N–H and O–H groups in total. The summed E-state index contributed by atoms with van der Waals surface area (Å²) >= 11 is 12.2. The zero-order valence-corrected chi connectivity index (χ0v) is 20.5. The summed E-state index contributed by atoms with van der Waals surface area (Å²) in [5, 5.41) is 3.83. The van der Waals surface area contributed by atoms with Gasteiger partial charge in [0.1, 0.15) is 11.8 Å². The van der Waals surface area contributed by atoms with Gasteiger partial charge in [-0.15, -0.1) is 0 Å². The highest BCUT2D eigenvalue weighted by Gasteiger charge is 2.28. The third-order valence-corrected chi connectivity index (χ3v) is 5.69. The molecule has 0 saturated heterocycles. The van der Waals surface area contributed by atoms with Gasteiger partial charge < -0.3 is 15.0 Å². The fraction of sp³-hybridized carbons (Fsp3) is 0.440. The minimum Gasteiger partial charge on any atom is -0.494 e. The van der Waals surface area contributed by atoms with Crippen LogP contribution in [0.3, 0.4) is 0 Å². The first-order valence-corrected chi connectivity index (χ1v) is 11.8. The molecule has 5 nitrogen and oxygen atoms in total. The molecule has 1 atom stereocenters. The SMILES string of the molecule is CCC(C(=O)NCC(C)C)N(Cc1ccc(Cl)c(Cl)c1)C(=O)CCCOc1ccccc1. The third kappa shape index (κ3) is 8.36. The number of ether oxygens (including phenoxy) is 1. The number of para-hydroxylation sites is 1. The summed E-state index contributed by atoms with van der Waals surface area (Å²) in [5.74, 6) is 0.854. The Hall–Kier alpha value is -2.24. The van der Waals surface area contributed by atoms with Gasteiger partial charge in [0, 0.05) is 19.5 Å². The maximum absolute atomic E-state index is 13.2. The van der Waals surface area contributed by atoms with Gasteiger partial charge in [0.15, 0.2) is 0 Å². The largest absolute Gasteiger partial charge is 0.494 e. The van der Waals surface area contributed by atoms with Crippen molar-refractivity contribution in [1.82, 2.24) is 10.2 Å². The molecule has 2 amide bonds. The third-order valence-electron chi connectivity index (χ3n) is 4.95. The molecule has 0 aliphatic carbocycles. The second-order valence-electron chi connectivity index (χ2n) is 8.10. The van der Waals surface area contributed by atoms with Crippen molar-refractivity contribution >= 4 is 35.0 Å². The first-order valence-electron chi connectivity index (χ1n) is 11.0. The molecule has 0 aliphatic rings. The highest BCUT2D eigenvalue weighted by atomic mass is 35.5. The number of hydrogen-bond donors (Lipinski definition) is 1.